The topological polar surface area (TPSA) is 96.0 Å². The van der Waals surface area contributed by atoms with Crippen LogP contribution in [0.3, 0.4) is 0 Å². The standard InChI is InChI=1S/C19H21FN6O2/c1-11(27)19-24-15-7-23-18-13(2-4-22-18)17(15)26(19)16-3-5-25(9-14(16)20)8-12-6-21-10-28-12/h2,4,6-7,10-11,14,16,27H,3,5,8-9H2,1H3,(H,22,23). The number of halogens is 1. The van der Waals surface area contributed by atoms with Gasteiger partial charge in [-0.15, -0.1) is 0 Å². The van der Waals surface area contributed by atoms with Gasteiger partial charge in [-0.05, 0) is 19.4 Å². The molecule has 1 fully saturated rings. The highest BCUT2D eigenvalue weighted by Crippen LogP contribution is 2.35. The van der Waals surface area contributed by atoms with Crippen LogP contribution >= 0.6 is 0 Å². The molecule has 3 unspecified atom stereocenters. The summed E-state index contributed by atoms with van der Waals surface area (Å²) >= 11 is 0. The first-order valence-corrected chi connectivity index (χ1v) is 9.37. The molecular formula is C19H21FN6O2. The third-order valence-electron chi connectivity index (χ3n) is 5.42. The molecular weight excluding hydrogens is 363 g/mol. The molecule has 28 heavy (non-hydrogen) atoms. The first-order valence-electron chi connectivity index (χ1n) is 9.37. The molecule has 0 bridgehead atoms. The third kappa shape index (κ3) is 2.78. The maximum atomic E-state index is 15.3. The van der Waals surface area contributed by atoms with E-state index >= 15 is 4.39 Å². The summed E-state index contributed by atoms with van der Waals surface area (Å²) in [5.74, 6) is 1.20. The van der Waals surface area contributed by atoms with Crippen molar-refractivity contribution in [3.05, 3.63) is 42.6 Å². The molecule has 3 atom stereocenters. The third-order valence-corrected chi connectivity index (χ3v) is 5.42. The van der Waals surface area contributed by atoms with E-state index in [9.17, 15) is 5.11 Å². The number of H-pyrrole nitrogens is 1. The minimum Gasteiger partial charge on any atom is -0.447 e. The average molecular weight is 384 g/mol. The molecule has 146 valence electrons. The average Bonchev–Trinajstić information content (AvgIpc) is 3.40. The Morgan fingerprint density at radius 2 is 2.32 bits per heavy atom. The Balaban J connectivity index is 1.53. The second-order valence-electron chi connectivity index (χ2n) is 7.32. The predicted octanol–water partition coefficient (Wildman–Crippen LogP) is 2.74. The number of imidazole rings is 1. The van der Waals surface area contributed by atoms with Crippen LogP contribution in [0.4, 0.5) is 4.39 Å². The Hall–Kier alpha value is -2.78. The second kappa shape index (κ2) is 6.68. The SMILES string of the molecule is CC(O)c1nc2cnc3[nH]ccc3c2n1C1CCN(Cc2cnco2)CC1F. The number of likely N-dealkylation sites (tertiary alicyclic amines) is 1. The maximum Gasteiger partial charge on any atom is 0.180 e. The normalized spacial score (nSPS) is 22.2. The van der Waals surface area contributed by atoms with Crippen LogP contribution in [0.25, 0.3) is 22.1 Å². The number of aromatic amines is 1. The number of pyridine rings is 1. The minimum atomic E-state index is -1.10. The van der Waals surface area contributed by atoms with Crippen molar-refractivity contribution < 1.29 is 13.9 Å². The van der Waals surface area contributed by atoms with Crippen LogP contribution < -0.4 is 0 Å². The van der Waals surface area contributed by atoms with Gasteiger partial charge >= 0.3 is 0 Å². The molecule has 1 saturated heterocycles. The van der Waals surface area contributed by atoms with Gasteiger partial charge in [0.25, 0.3) is 0 Å². The minimum absolute atomic E-state index is 0.283. The number of fused-ring (bicyclic) bond motifs is 3. The molecule has 1 aliphatic heterocycles. The second-order valence-corrected chi connectivity index (χ2v) is 7.32. The zero-order chi connectivity index (χ0) is 19.3. The van der Waals surface area contributed by atoms with Crippen molar-refractivity contribution in [1.82, 2.24) is 29.4 Å². The fourth-order valence-corrected chi connectivity index (χ4v) is 4.17. The smallest absolute Gasteiger partial charge is 0.180 e. The number of piperidine rings is 1. The van der Waals surface area contributed by atoms with Crippen LogP contribution in [-0.4, -0.2) is 53.8 Å². The summed E-state index contributed by atoms with van der Waals surface area (Å²) in [6, 6.07) is 1.52. The van der Waals surface area contributed by atoms with Crippen molar-refractivity contribution >= 4 is 22.1 Å². The molecule has 0 aliphatic carbocycles. The van der Waals surface area contributed by atoms with Gasteiger partial charge in [0.05, 0.1) is 30.5 Å². The first kappa shape index (κ1) is 17.3. The van der Waals surface area contributed by atoms with Crippen molar-refractivity contribution in [1.29, 1.82) is 0 Å². The largest absolute Gasteiger partial charge is 0.447 e. The highest BCUT2D eigenvalue weighted by atomic mass is 19.1. The number of aliphatic hydroxyl groups excluding tert-OH is 1. The van der Waals surface area contributed by atoms with Crippen molar-refractivity contribution in [2.75, 3.05) is 13.1 Å². The molecule has 2 N–H and O–H groups in total. The van der Waals surface area contributed by atoms with Gasteiger partial charge in [-0.1, -0.05) is 0 Å². The highest BCUT2D eigenvalue weighted by Gasteiger charge is 2.34. The van der Waals surface area contributed by atoms with E-state index in [-0.39, 0.29) is 6.54 Å². The van der Waals surface area contributed by atoms with Crippen LogP contribution in [0.1, 0.15) is 37.1 Å². The van der Waals surface area contributed by atoms with Gasteiger partial charge in [0.1, 0.15) is 35.0 Å². The molecule has 0 amide bonds. The summed E-state index contributed by atoms with van der Waals surface area (Å²) in [5.41, 5.74) is 2.21. The summed E-state index contributed by atoms with van der Waals surface area (Å²) in [7, 11) is 0. The van der Waals surface area contributed by atoms with E-state index < -0.39 is 18.3 Å². The number of nitrogens with zero attached hydrogens (tertiary/aromatic N) is 5. The first-order chi connectivity index (χ1) is 13.6. The summed E-state index contributed by atoms with van der Waals surface area (Å²) in [6.07, 6.45) is 5.22. The molecule has 8 nitrogen and oxygen atoms in total. The fraction of sp³-hybridized carbons (Fsp3) is 0.421. The van der Waals surface area contributed by atoms with E-state index in [1.165, 1.54) is 6.39 Å². The number of rotatable bonds is 4. The number of oxazole rings is 1. The number of nitrogens with one attached hydrogen (secondary N) is 1. The molecule has 0 spiro atoms. The van der Waals surface area contributed by atoms with E-state index in [0.717, 1.165) is 22.3 Å². The Morgan fingerprint density at radius 1 is 1.43 bits per heavy atom. The summed E-state index contributed by atoms with van der Waals surface area (Å²) in [6.45, 7) is 3.19. The lowest BCUT2D eigenvalue weighted by Crippen LogP contribution is -2.42. The molecule has 4 aromatic rings. The van der Waals surface area contributed by atoms with Gasteiger partial charge in [-0.2, -0.15) is 0 Å². The van der Waals surface area contributed by atoms with Crippen molar-refractivity contribution in [3.8, 4) is 0 Å². The lowest BCUT2D eigenvalue weighted by atomic mass is 10.0. The molecule has 0 aromatic carbocycles. The number of hydrogen-bond acceptors (Lipinski definition) is 6. The van der Waals surface area contributed by atoms with Crippen LogP contribution in [0.5, 0.6) is 0 Å². The van der Waals surface area contributed by atoms with E-state index in [1.807, 2.05) is 21.7 Å². The fourth-order valence-electron chi connectivity index (χ4n) is 4.17. The molecule has 9 heteroatoms. The van der Waals surface area contributed by atoms with Crippen molar-refractivity contribution in [2.45, 2.75) is 38.2 Å². The number of aromatic nitrogens is 5. The summed E-state index contributed by atoms with van der Waals surface area (Å²) in [4.78, 5) is 18.0. The molecule has 1 aliphatic rings. The Bertz CT molecular complexity index is 1100. The van der Waals surface area contributed by atoms with Gasteiger partial charge in [0, 0.05) is 24.7 Å². The Morgan fingerprint density at radius 3 is 3.07 bits per heavy atom. The summed E-state index contributed by atoms with van der Waals surface area (Å²) in [5, 5.41) is 11.2. The van der Waals surface area contributed by atoms with Gasteiger partial charge < -0.3 is 19.1 Å². The molecule has 5 heterocycles. The molecule has 4 aromatic heterocycles. The quantitative estimate of drug-likeness (QED) is 0.562. The van der Waals surface area contributed by atoms with E-state index in [4.69, 9.17) is 4.42 Å². The molecule has 0 radical (unpaired) electrons. The van der Waals surface area contributed by atoms with E-state index in [1.54, 1.807) is 19.3 Å². The zero-order valence-electron chi connectivity index (χ0n) is 15.4. The van der Waals surface area contributed by atoms with Crippen molar-refractivity contribution in [2.24, 2.45) is 0 Å². The van der Waals surface area contributed by atoms with E-state index in [2.05, 4.69) is 19.9 Å². The van der Waals surface area contributed by atoms with Crippen molar-refractivity contribution in [3.63, 3.8) is 0 Å². The summed E-state index contributed by atoms with van der Waals surface area (Å²) < 4.78 is 22.5. The van der Waals surface area contributed by atoms with Crippen LogP contribution in [0.15, 0.2) is 35.5 Å². The molecule has 0 saturated carbocycles. The van der Waals surface area contributed by atoms with E-state index in [0.29, 0.717) is 30.9 Å². The lowest BCUT2D eigenvalue weighted by Gasteiger charge is -2.36. The van der Waals surface area contributed by atoms with Gasteiger partial charge in [-0.3, -0.25) is 4.90 Å². The van der Waals surface area contributed by atoms with Gasteiger partial charge in [0.2, 0.25) is 0 Å². The number of aliphatic hydroxyl groups is 1. The monoisotopic (exact) mass is 384 g/mol. The Labute approximate surface area is 160 Å². The predicted molar refractivity (Wildman–Crippen MR) is 100 cm³/mol. The molecule has 5 rings (SSSR count). The Kier molecular flexibility index (Phi) is 4.13. The maximum absolute atomic E-state index is 15.3. The highest BCUT2D eigenvalue weighted by molar-refractivity contribution is 6.01. The van der Waals surface area contributed by atoms with Crippen LogP contribution in [0, 0.1) is 0 Å². The van der Waals surface area contributed by atoms with Gasteiger partial charge in [-0.25, -0.2) is 19.3 Å². The lowest BCUT2D eigenvalue weighted by molar-refractivity contribution is 0.0761. The van der Waals surface area contributed by atoms with Crippen LogP contribution in [0.2, 0.25) is 0 Å². The zero-order valence-corrected chi connectivity index (χ0v) is 15.4. The van der Waals surface area contributed by atoms with Crippen LogP contribution in [-0.2, 0) is 6.54 Å². The number of alkyl halides is 1. The van der Waals surface area contributed by atoms with Gasteiger partial charge in [0.15, 0.2) is 6.39 Å². The number of hydrogen-bond donors (Lipinski definition) is 2.